The third kappa shape index (κ3) is 7.62. The number of guanidine groups is 1. The average Bonchev–Trinajstić information content (AvgIpc) is 2.67. The van der Waals surface area contributed by atoms with Crippen LogP contribution in [0.3, 0.4) is 0 Å². The molecule has 0 aliphatic heterocycles. The SMILES string of the molecule is CCNC(=NCc1cccnc1OCCOC)NCCc1cccc(F)c1. The lowest BCUT2D eigenvalue weighted by Crippen LogP contribution is -2.38. The summed E-state index contributed by atoms with van der Waals surface area (Å²) >= 11 is 0. The van der Waals surface area contributed by atoms with Crippen LogP contribution in [-0.4, -0.2) is 44.4 Å². The molecule has 1 aromatic heterocycles. The molecule has 0 aliphatic carbocycles. The van der Waals surface area contributed by atoms with Gasteiger partial charge in [0.2, 0.25) is 5.88 Å². The molecule has 146 valence electrons. The van der Waals surface area contributed by atoms with Gasteiger partial charge in [-0.25, -0.2) is 14.4 Å². The lowest BCUT2D eigenvalue weighted by atomic mass is 10.1. The van der Waals surface area contributed by atoms with E-state index in [4.69, 9.17) is 9.47 Å². The van der Waals surface area contributed by atoms with E-state index in [1.807, 2.05) is 25.1 Å². The molecule has 0 atom stereocenters. The van der Waals surface area contributed by atoms with Gasteiger partial charge >= 0.3 is 0 Å². The van der Waals surface area contributed by atoms with Crippen LogP contribution in [0, 0.1) is 5.82 Å². The number of methoxy groups -OCH3 is 1. The summed E-state index contributed by atoms with van der Waals surface area (Å²) in [7, 11) is 1.63. The van der Waals surface area contributed by atoms with Crippen LogP contribution in [0.1, 0.15) is 18.1 Å². The molecule has 1 aromatic carbocycles. The Balaban J connectivity index is 1.92. The minimum absolute atomic E-state index is 0.217. The first-order valence-electron chi connectivity index (χ1n) is 9.05. The first-order chi connectivity index (χ1) is 13.2. The van der Waals surface area contributed by atoms with Crippen LogP contribution in [-0.2, 0) is 17.7 Å². The van der Waals surface area contributed by atoms with E-state index in [0.717, 1.165) is 17.7 Å². The Kier molecular flexibility index (Phi) is 9.06. The maximum Gasteiger partial charge on any atom is 0.218 e. The maximum absolute atomic E-state index is 13.2. The van der Waals surface area contributed by atoms with Crippen LogP contribution in [0.15, 0.2) is 47.6 Å². The fourth-order valence-electron chi connectivity index (χ4n) is 2.42. The molecule has 2 N–H and O–H groups in total. The number of nitrogens with zero attached hydrogens (tertiary/aromatic N) is 2. The lowest BCUT2D eigenvalue weighted by Gasteiger charge is -2.12. The van der Waals surface area contributed by atoms with E-state index in [1.54, 1.807) is 25.4 Å². The van der Waals surface area contributed by atoms with E-state index in [2.05, 4.69) is 20.6 Å². The van der Waals surface area contributed by atoms with E-state index in [1.165, 1.54) is 6.07 Å². The molecule has 0 unspecified atom stereocenters. The van der Waals surface area contributed by atoms with Gasteiger partial charge in [0, 0.05) is 32.0 Å². The zero-order valence-corrected chi connectivity index (χ0v) is 15.9. The monoisotopic (exact) mass is 374 g/mol. The van der Waals surface area contributed by atoms with Gasteiger partial charge in [0.15, 0.2) is 5.96 Å². The highest BCUT2D eigenvalue weighted by molar-refractivity contribution is 5.79. The lowest BCUT2D eigenvalue weighted by molar-refractivity contribution is 0.143. The minimum atomic E-state index is -0.217. The van der Waals surface area contributed by atoms with Crippen LogP contribution in [0.2, 0.25) is 0 Å². The molecule has 0 spiro atoms. The molecule has 0 saturated heterocycles. The predicted octanol–water partition coefficient (Wildman–Crippen LogP) is 2.54. The number of aliphatic imine (C=N–C) groups is 1. The van der Waals surface area contributed by atoms with Gasteiger partial charge < -0.3 is 20.1 Å². The summed E-state index contributed by atoms with van der Waals surface area (Å²) in [4.78, 5) is 8.85. The average molecular weight is 374 g/mol. The second-order valence-corrected chi connectivity index (χ2v) is 5.81. The molecule has 27 heavy (non-hydrogen) atoms. The summed E-state index contributed by atoms with van der Waals surface area (Å²) in [6, 6.07) is 10.4. The van der Waals surface area contributed by atoms with Gasteiger partial charge in [-0.3, -0.25) is 0 Å². The van der Waals surface area contributed by atoms with Crippen molar-refractivity contribution in [2.75, 3.05) is 33.4 Å². The fraction of sp³-hybridized carbons (Fsp3) is 0.400. The highest BCUT2D eigenvalue weighted by atomic mass is 19.1. The molecule has 0 fully saturated rings. The molecule has 1 heterocycles. The summed E-state index contributed by atoms with van der Waals surface area (Å²) in [5.41, 5.74) is 1.84. The Morgan fingerprint density at radius 3 is 2.85 bits per heavy atom. The van der Waals surface area contributed by atoms with E-state index in [9.17, 15) is 4.39 Å². The van der Waals surface area contributed by atoms with Gasteiger partial charge in [-0.2, -0.15) is 0 Å². The maximum atomic E-state index is 13.2. The van der Waals surface area contributed by atoms with Crippen LogP contribution in [0.25, 0.3) is 0 Å². The highest BCUT2D eigenvalue weighted by Gasteiger charge is 2.05. The van der Waals surface area contributed by atoms with Crippen LogP contribution in [0.4, 0.5) is 4.39 Å². The quantitative estimate of drug-likeness (QED) is 0.380. The predicted molar refractivity (Wildman–Crippen MR) is 105 cm³/mol. The third-order valence-electron chi connectivity index (χ3n) is 3.72. The first-order valence-corrected chi connectivity index (χ1v) is 9.05. The number of hydrogen-bond donors (Lipinski definition) is 2. The Hall–Kier alpha value is -2.67. The zero-order valence-electron chi connectivity index (χ0n) is 15.9. The van der Waals surface area contributed by atoms with Crippen molar-refractivity contribution < 1.29 is 13.9 Å². The first kappa shape index (κ1) is 20.6. The van der Waals surface area contributed by atoms with Gasteiger partial charge in [0.25, 0.3) is 0 Å². The molecular formula is C20H27FN4O2. The zero-order chi connectivity index (χ0) is 19.3. The smallest absolute Gasteiger partial charge is 0.218 e. The number of pyridine rings is 1. The summed E-state index contributed by atoms with van der Waals surface area (Å²) in [5, 5.41) is 6.47. The second-order valence-electron chi connectivity index (χ2n) is 5.81. The normalized spacial score (nSPS) is 11.3. The Morgan fingerprint density at radius 1 is 1.19 bits per heavy atom. The molecular weight excluding hydrogens is 347 g/mol. The minimum Gasteiger partial charge on any atom is -0.475 e. The Bertz CT molecular complexity index is 725. The molecule has 0 radical (unpaired) electrons. The van der Waals surface area contributed by atoms with Crippen LogP contribution in [0.5, 0.6) is 5.88 Å². The van der Waals surface area contributed by atoms with Crippen molar-refractivity contribution in [2.24, 2.45) is 4.99 Å². The molecule has 2 aromatic rings. The number of nitrogens with one attached hydrogen (secondary N) is 2. The number of halogens is 1. The molecule has 0 amide bonds. The molecule has 0 saturated carbocycles. The molecule has 0 bridgehead atoms. The standard InChI is InChI=1S/C20H27FN4O2/c1-3-22-20(24-11-9-16-6-4-8-18(21)14-16)25-15-17-7-5-10-23-19(17)27-13-12-26-2/h4-8,10,14H,3,9,11-13,15H2,1-2H3,(H2,22,24,25). The van der Waals surface area contributed by atoms with Crippen molar-refractivity contribution in [1.29, 1.82) is 0 Å². The number of aromatic nitrogens is 1. The number of hydrogen-bond acceptors (Lipinski definition) is 4. The number of benzene rings is 1. The Labute approximate surface area is 159 Å². The van der Waals surface area contributed by atoms with Crippen molar-refractivity contribution >= 4 is 5.96 Å². The summed E-state index contributed by atoms with van der Waals surface area (Å²) in [6.07, 6.45) is 2.40. The van der Waals surface area contributed by atoms with Crippen molar-refractivity contribution in [3.63, 3.8) is 0 Å². The van der Waals surface area contributed by atoms with Crippen LogP contribution >= 0.6 is 0 Å². The van der Waals surface area contributed by atoms with Crippen molar-refractivity contribution in [3.05, 3.63) is 59.5 Å². The van der Waals surface area contributed by atoms with E-state index < -0.39 is 0 Å². The van der Waals surface area contributed by atoms with Gasteiger partial charge in [-0.1, -0.05) is 18.2 Å². The van der Waals surface area contributed by atoms with E-state index in [-0.39, 0.29) is 5.82 Å². The summed E-state index contributed by atoms with van der Waals surface area (Å²) in [5.74, 6) is 1.04. The van der Waals surface area contributed by atoms with Gasteiger partial charge in [0.1, 0.15) is 12.4 Å². The molecule has 2 rings (SSSR count). The summed E-state index contributed by atoms with van der Waals surface area (Å²) < 4.78 is 23.9. The van der Waals surface area contributed by atoms with Crippen molar-refractivity contribution in [1.82, 2.24) is 15.6 Å². The van der Waals surface area contributed by atoms with Crippen molar-refractivity contribution in [2.45, 2.75) is 19.9 Å². The molecule has 7 heteroatoms. The van der Waals surface area contributed by atoms with E-state index >= 15 is 0 Å². The fourth-order valence-corrected chi connectivity index (χ4v) is 2.42. The highest BCUT2D eigenvalue weighted by Crippen LogP contribution is 2.15. The summed E-state index contributed by atoms with van der Waals surface area (Å²) in [6.45, 7) is 4.79. The van der Waals surface area contributed by atoms with Gasteiger partial charge in [-0.05, 0) is 37.1 Å². The topological polar surface area (TPSA) is 67.8 Å². The van der Waals surface area contributed by atoms with Gasteiger partial charge in [-0.15, -0.1) is 0 Å². The number of ether oxygens (including phenoxy) is 2. The van der Waals surface area contributed by atoms with Crippen LogP contribution < -0.4 is 15.4 Å². The largest absolute Gasteiger partial charge is 0.475 e. The van der Waals surface area contributed by atoms with Crippen molar-refractivity contribution in [3.8, 4) is 5.88 Å². The number of rotatable bonds is 10. The van der Waals surface area contributed by atoms with E-state index in [0.29, 0.717) is 44.6 Å². The Morgan fingerprint density at radius 2 is 2.07 bits per heavy atom. The molecule has 6 nitrogen and oxygen atoms in total. The molecule has 0 aliphatic rings. The van der Waals surface area contributed by atoms with Gasteiger partial charge in [0.05, 0.1) is 13.2 Å². The third-order valence-corrected chi connectivity index (χ3v) is 3.72. The second kappa shape index (κ2) is 11.9.